The average molecular weight is 466 g/mol. The lowest BCUT2D eigenvalue weighted by Gasteiger charge is -2.16. The van der Waals surface area contributed by atoms with E-state index in [9.17, 15) is 9.59 Å². The highest BCUT2D eigenvalue weighted by Crippen LogP contribution is 2.26. The lowest BCUT2D eigenvalue weighted by atomic mass is 9.94. The molecule has 0 fully saturated rings. The van der Waals surface area contributed by atoms with Crippen LogP contribution in [0.5, 0.6) is 0 Å². The smallest absolute Gasteiger partial charge is 0.407 e. The van der Waals surface area contributed by atoms with Gasteiger partial charge < -0.3 is 15.4 Å². The summed E-state index contributed by atoms with van der Waals surface area (Å²) >= 11 is 0. The van der Waals surface area contributed by atoms with Gasteiger partial charge in [0.15, 0.2) is 0 Å². The maximum Gasteiger partial charge on any atom is 0.407 e. The number of nitrogens with one attached hydrogen (secondary N) is 2. The number of carbonyl (C=O) groups excluding carboxylic acids is 2. The van der Waals surface area contributed by atoms with Crippen LogP contribution in [0.3, 0.4) is 0 Å². The fraction of sp³-hybridized carbons (Fsp3) is 0.138. The van der Waals surface area contributed by atoms with Crippen LogP contribution in [0.2, 0.25) is 0 Å². The van der Waals surface area contributed by atoms with E-state index < -0.39 is 6.09 Å². The highest BCUT2D eigenvalue weighted by atomic mass is 16.5. The van der Waals surface area contributed by atoms with Gasteiger partial charge in [-0.05, 0) is 34.4 Å². The van der Waals surface area contributed by atoms with E-state index >= 15 is 0 Å². The Morgan fingerprint density at radius 2 is 1.51 bits per heavy atom. The minimum atomic E-state index is -0.541. The van der Waals surface area contributed by atoms with Gasteiger partial charge in [0.1, 0.15) is 6.61 Å². The quantitative estimate of drug-likeness (QED) is 0.358. The number of aromatic nitrogens is 1. The van der Waals surface area contributed by atoms with Crippen LogP contribution in [0.25, 0.3) is 11.1 Å². The molecular formula is C29H27N3O3. The molecule has 35 heavy (non-hydrogen) atoms. The zero-order chi connectivity index (χ0) is 24.3. The van der Waals surface area contributed by atoms with Gasteiger partial charge in [-0.15, -0.1) is 0 Å². The molecule has 1 aromatic heterocycles. The Balaban J connectivity index is 1.47. The summed E-state index contributed by atoms with van der Waals surface area (Å²) in [5, 5.41) is 5.78. The second-order valence-corrected chi connectivity index (χ2v) is 7.95. The van der Waals surface area contributed by atoms with Crippen molar-refractivity contribution in [3.8, 4) is 11.1 Å². The number of alkyl carbamates (subject to hydrolysis) is 1. The van der Waals surface area contributed by atoms with Crippen LogP contribution in [0.15, 0.2) is 103 Å². The monoisotopic (exact) mass is 465 g/mol. The fourth-order valence-electron chi connectivity index (χ4n) is 3.75. The molecule has 0 aliphatic heterocycles. The maximum absolute atomic E-state index is 13.3. The van der Waals surface area contributed by atoms with Gasteiger partial charge in [-0.25, -0.2) is 4.79 Å². The molecule has 2 N–H and O–H groups in total. The molecule has 176 valence electrons. The second-order valence-electron chi connectivity index (χ2n) is 7.95. The van der Waals surface area contributed by atoms with Crippen LogP contribution in [0.4, 0.5) is 4.79 Å². The Morgan fingerprint density at radius 1 is 0.771 bits per heavy atom. The van der Waals surface area contributed by atoms with Gasteiger partial charge in [0.05, 0.1) is 5.56 Å². The fourth-order valence-corrected chi connectivity index (χ4v) is 3.75. The number of amides is 2. The number of carbonyl (C=O) groups is 2. The summed E-state index contributed by atoms with van der Waals surface area (Å²) in [6, 6.07) is 30.6. The maximum atomic E-state index is 13.3. The standard InChI is InChI=1S/C29H27N3O3/c33-28(31-19-17-25-15-7-8-18-30-25)27-24(14-9-16-26(27)23-12-5-2-6-13-23)20-32-29(34)35-21-22-10-3-1-4-11-22/h1-16,18H,17,19-21H2,(H,31,33)(H,32,34). The topological polar surface area (TPSA) is 80.3 Å². The van der Waals surface area contributed by atoms with Crippen LogP contribution in [-0.2, 0) is 24.3 Å². The van der Waals surface area contributed by atoms with E-state index in [-0.39, 0.29) is 19.1 Å². The summed E-state index contributed by atoms with van der Waals surface area (Å²) in [7, 11) is 0. The summed E-state index contributed by atoms with van der Waals surface area (Å²) in [6.07, 6.45) is 1.82. The van der Waals surface area contributed by atoms with Crippen molar-refractivity contribution in [2.45, 2.75) is 19.6 Å². The third kappa shape index (κ3) is 6.77. The summed E-state index contributed by atoms with van der Waals surface area (Å²) < 4.78 is 5.32. The molecule has 6 nitrogen and oxygen atoms in total. The average Bonchev–Trinajstić information content (AvgIpc) is 2.92. The highest BCUT2D eigenvalue weighted by Gasteiger charge is 2.18. The molecule has 0 saturated heterocycles. The van der Waals surface area contributed by atoms with Crippen molar-refractivity contribution in [3.05, 3.63) is 126 Å². The Labute approximate surface area is 205 Å². The van der Waals surface area contributed by atoms with Gasteiger partial charge in [-0.2, -0.15) is 0 Å². The lowest BCUT2D eigenvalue weighted by molar-refractivity contribution is 0.0953. The largest absolute Gasteiger partial charge is 0.445 e. The number of pyridine rings is 1. The van der Waals surface area contributed by atoms with Crippen LogP contribution in [0, 0.1) is 0 Å². The Bertz CT molecular complexity index is 1250. The molecule has 0 radical (unpaired) electrons. The predicted molar refractivity (Wildman–Crippen MR) is 136 cm³/mol. The van der Waals surface area contributed by atoms with Crippen molar-refractivity contribution in [3.63, 3.8) is 0 Å². The first-order valence-corrected chi connectivity index (χ1v) is 11.5. The van der Waals surface area contributed by atoms with Gasteiger partial charge >= 0.3 is 6.09 Å². The number of hydrogen-bond donors (Lipinski definition) is 2. The Morgan fingerprint density at radius 3 is 2.26 bits per heavy atom. The van der Waals surface area contributed by atoms with Crippen molar-refractivity contribution in [1.29, 1.82) is 0 Å². The van der Waals surface area contributed by atoms with Crippen LogP contribution < -0.4 is 10.6 Å². The van der Waals surface area contributed by atoms with Crippen molar-refractivity contribution in [2.24, 2.45) is 0 Å². The molecule has 0 saturated carbocycles. The molecule has 1 heterocycles. The van der Waals surface area contributed by atoms with E-state index in [1.54, 1.807) is 6.20 Å². The molecule has 0 bridgehead atoms. The van der Waals surface area contributed by atoms with Crippen molar-refractivity contribution >= 4 is 12.0 Å². The van der Waals surface area contributed by atoms with E-state index in [4.69, 9.17) is 4.74 Å². The highest BCUT2D eigenvalue weighted by molar-refractivity contribution is 6.02. The number of ether oxygens (including phenoxy) is 1. The van der Waals surface area contributed by atoms with E-state index in [0.717, 1.165) is 22.4 Å². The molecule has 2 amide bonds. The van der Waals surface area contributed by atoms with Gasteiger partial charge in [-0.3, -0.25) is 9.78 Å². The lowest BCUT2D eigenvalue weighted by Crippen LogP contribution is -2.29. The van der Waals surface area contributed by atoms with Crippen LogP contribution in [-0.4, -0.2) is 23.5 Å². The van der Waals surface area contributed by atoms with Crippen molar-refractivity contribution < 1.29 is 14.3 Å². The second kappa shape index (κ2) is 12.1. The Kier molecular flexibility index (Phi) is 8.22. The number of rotatable bonds is 9. The summed E-state index contributed by atoms with van der Waals surface area (Å²) in [5.74, 6) is -0.199. The molecule has 4 aromatic rings. The zero-order valence-corrected chi connectivity index (χ0v) is 19.3. The molecule has 0 aliphatic carbocycles. The summed E-state index contributed by atoms with van der Waals surface area (Å²) in [6.45, 7) is 0.792. The molecular weight excluding hydrogens is 438 g/mol. The minimum absolute atomic E-state index is 0.164. The summed E-state index contributed by atoms with van der Waals surface area (Å²) in [4.78, 5) is 30.0. The van der Waals surface area contributed by atoms with E-state index in [2.05, 4.69) is 15.6 Å². The first kappa shape index (κ1) is 23.7. The minimum Gasteiger partial charge on any atom is -0.445 e. The summed E-state index contributed by atoms with van der Waals surface area (Å²) in [5.41, 5.74) is 4.78. The first-order chi connectivity index (χ1) is 17.2. The number of benzene rings is 3. The molecule has 3 aromatic carbocycles. The normalized spacial score (nSPS) is 10.4. The molecule has 0 spiro atoms. The Hall–Kier alpha value is -4.45. The number of hydrogen-bond acceptors (Lipinski definition) is 4. The van der Waals surface area contributed by atoms with Crippen molar-refractivity contribution in [1.82, 2.24) is 15.6 Å². The van der Waals surface area contributed by atoms with E-state index in [0.29, 0.717) is 24.1 Å². The molecule has 0 atom stereocenters. The van der Waals surface area contributed by atoms with Gasteiger partial charge in [0.2, 0.25) is 0 Å². The van der Waals surface area contributed by atoms with Crippen molar-refractivity contribution in [2.75, 3.05) is 6.54 Å². The molecule has 0 unspecified atom stereocenters. The van der Waals surface area contributed by atoms with Gasteiger partial charge in [0, 0.05) is 31.4 Å². The van der Waals surface area contributed by atoms with Crippen LogP contribution in [0.1, 0.15) is 27.2 Å². The SMILES string of the molecule is O=C(NCc1cccc(-c2ccccc2)c1C(=O)NCCc1ccccn1)OCc1ccccc1. The molecule has 6 heteroatoms. The third-order valence-corrected chi connectivity index (χ3v) is 5.49. The van der Waals surface area contributed by atoms with Gasteiger partial charge in [-0.1, -0.05) is 84.9 Å². The predicted octanol–water partition coefficient (Wildman–Crippen LogP) is 5.15. The number of nitrogens with zero attached hydrogens (tertiary/aromatic N) is 1. The van der Waals surface area contributed by atoms with E-state index in [1.165, 1.54) is 0 Å². The van der Waals surface area contributed by atoms with Gasteiger partial charge in [0.25, 0.3) is 5.91 Å². The molecule has 0 aliphatic rings. The molecule has 4 rings (SSSR count). The van der Waals surface area contributed by atoms with E-state index in [1.807, 2.05) is 97.1 Å². The van der Waals surface area contributed by atoms with Crippen LogP contribution >= 0.6 is 0 Å². The zero-order valence-electron chi connectivity index (χ0n) is 19.3. The third-order valence-electron chi connectivity index (χ3n) is 5.49. The first-order valence-electron chi connectivity index (χ1n) is 11.5.